The van der Waals surface area contributed by atoms with E-state index in [-0.39, 0.29) is 17.9 Å². The first-order valence-electron chi connectivity index (χ1n) is 6.51. The lowest BCUT2D eigenvalue weighted by molar-refractivity contribution is -0.124. The van der Waals surface area contributed by atoms with E-state index in [4.69, 9.17) is 5.11 Å². The van der Waals surface area contributed by atoms with Crippen LogP contribution in [0, 0.1) is 5.41 Å². The van der Waals surface area contributed by atoms with Crippen molar-refractivity contribution < 1.29 is 9.90 Å². The number of hydrogen-bond acceptors (Lipinski definition) is 2. The molecule has 0 aliphatic carbocycles. The fourth-order valence-electron chi connectivity index (χ4n) is 1.50. The molecule has 1 aromatic rings. The Morgan fingerprint density at radius 3 is 2.39 bits per heavy atom. The van der Waals surface area contributed by atoms with Gasteiger partial charge in [-0.1, -0.05) is 32.9 Å². The normalized spacial score (nSPS) is 11.3. The lowest BCUT2D eigenvalue weighted by atomic mass is 9.89. The van der Waals surface area contributed by atoms with Gasteiger partial charge in [-0.15, -0.1) is 0 Å². The third kappa shape index (κ3) is 4.15. The molecule has 1 rings (SSSR count). The Morgan fingerprint density at radius 2 is 1.89 bits per heavy atom. The van der Waals surface area contributed by atoms with Gasteiger partial charge in [-0.2, -0.15) is 0 Å². The van der Waals surface area contributed by atoms with Gasteiger partial charge in [-0.25, -0.2) is 0 Å². The highest BCUT2D eigenvalue weighted by atomic mass is 16.2. The largest absolute Gasteiger partial charge is 0.396 e. The number of aliphatic hydroxyl groups is 1. The quantitative estimate of drug-likeness (QED) is 0.814. The highest BCUT2D eigenvalue weighted by Gasteiger charge is 2.25. The zero-order valence-electron chi connectivity index (χ0n) is 11.5. The first-order chi connectivity index (χ1) is 8.49. The van der Waals surface area contributed by atoms with E-state index in [1.807, 2.05) is 45.0 Å². The van der Waals surface area contributed by atoms with Crippen molar-refractivity contribution in [3.05, 3.63) is 29.8 Å². The predicted octanol–water partition coefficient (Wildman–Crippen LogP) is 2.99. The van der Waals surface area contributed by atoms with Gasteiger partial charge in [0, 0.05) is 17.7 Å². The Morgan fingerprint density at radius 1 is 1.28 bits per heavy atom. The summed E-state index contributed by atoms with van der Waals surface area (Å²) in [5, 5.41) is 11.7. The third-order valence-electron chi connectivity index (χ3n) is 3.33. The van der Waals surface area contributed by atoms with Crippen molar-refractivity contribution in [3.63, 3.8) is 0 Å². The van der Waals surface area contributed by atoms with Crippen molar-refractivity contribution in [1.82, 2.24) is 0 Å². The van der Waals surface area contributed by atoms with Gasteiger partial charge in [-0.3, -0.25) is 4.79 Å². The summed E-state index contributed by atoms with van der Waals surface area (Å²) >= 11 is 0. The van der Waals surface area contributed by atoms with Gasteiger partial charge in [-0.05, 0) is 37.0 Å². The second-order valence-corrected chi connectivity index (χ2v) is 5.22. The Bertz CT molecular complexity index is 382. The summed E-state index contributed by atoms with van der Waals surface area (Å²) in [6.07, 6.45) is 2.45. The van der Waals surface area contributed by atoms with Gasteiger partial charge < -0.3 is 10.4 Å². The minimum absolute atomic E-state index is 0.0492. The fraction of sp³-hybridized carbons (Fsp3) is 0.533. The Balaban J connectivity index is 2.61. The van der Waals surface area contributed by atoms with Crippen LogP contribution in [0.15, 0.2) is 24.3 Å². The van der Waals surface area contributed by atoms with Crippen molar-refractivity contribution >= 4 is 11.6 Å². The Kier molecular flexibility index (Phi) is 5.35. The van der Waals surface area contributed by atoms with Crippen molar-refractivity contribution in [2.45, 2.75) is 40.0 Å². The molecule has 0 atom stereocenters. The average Bonchev–Trinajstić information content (AvgIpc) is 2.37. The first-order valence-corrected chi connectivity index (χ1v) is 6.51. The van der Waals surface area contributed by atoms with Crippen LogP contribution in [0.4, 0.5) is 5.69 Å². The van der Waals surface area contributed by atoms with E-state index in [1.54, 1.807) is 0 Å². The maximum absolute atomic E-state index is 12.0. The van der Waals surface area contributed by atoms with Crippen molar-refractivity contribution in [2.24, 2.45) is 5.41 Å². The van der Waals surface area contributed by atoms with E-state index in [0.717, 1.165) is 24.9 Å². The van der Waals surface area contributed by atoms with Crippen molar-refractivity contribution in [2.75, 3.05) is 11.9 Å². The van der Waals surface area contributed by atoms with E-state index in [1.165, 1.54) is 5.56 Å². The second kappa shape index (κ2) is 6.55. The summed E-state index contributed by atoms with van der Waals surface area (Å²) in [5.74, 6) is 0.0492. The molecule has 2 N–H and O–H groups in total. The van der Waals surface area contributed by atoms with Crippen LogP contribution in [-0.4, -0.2) is 17.6 Å². The molecule has 0 saturated heterocycles. The molecule has 18 heavy (non-hydrogen) atoms. The van der Waals surface area contributed by atoms with Gasteiger partial charge >= 0.3 is 0 Å². The predicted molar refractivity (Wildman–Crippen MR) is 74.6 cm³/mol. The molecular weight excluding hydrogens is 226 g/mol. The SMILES string of the molecule is CCC(C)(C)C(=O)Nc1ccc(CCCO)cc1. The van der Waals surface area contributed by atoms with Crippen LogP contribution in [-0.2, 0) is 11.2 Å². The summed E-state index contributed by atoms with van der Waals surface area (Å²) in [6, 6.07) is 7.81. The molecule has 0 saturated carbocycles. The van der Waals surface area contributed by atoms with Gasteiger partial charge in [0.2, 0.25) is 5.91 Å². The number of aryl methyl sites for hydroxylation is 1. The van der Waals surface area contributed by atoms with Crippen LogP contribution < -0.4 is 5.32 Å². The summed E-state index contributed by atoms with van der Waals surface area (Å²) < 4.78 is 0. The highest BCUT2D eigenvalue weighted by molar-refractivity contribution is 5.94. The van der Waals surface area contributed by atoms with Gasteiger partial charge in [0.05, 0.1) is 0 Å². The number of amides is 1. The zero-order valence-corrected chi connectivity index (χ0v) is 11.5. The summed E-state index contributed by atoms with van der Waals surface area (Å²) in [4.78, 5) is 12.0. The molecule has 100 valence electrons. The van der Waals surface area contributed by atoms with Crippen molar-refractivity contribution in [1.29, 1.82) is 0 Å². The molecule has 0 fully saturated rings. The van der Waals surface area contributed by atoms with Crippen LogP contribution in [0.1, 0.15) is 39.2 Å². The monoisotopic (exact) mass is 249 g/mol. The molecule has 0 bridgehead atoms. The van der Waals surface area contributed by atoms with Gasteiger partial charge in [0.15, 0.2) is 0 Å². The van der Waals surface area contributed by atoms with E-state index in [9.17, 15) is 4.79 Å². The molecule has 0 aliphatic rings. The number of hydrogen-bond donors (Lipinski definition) is 2. The number of carbonyl (C=O) groups excluding carboxylic acids is 1. The summed E-state index contributed by atoms with van der Waals surface area (Å²) in [7, 11) is 0. The maximum atomic E-state index is 12.0. The molecule has 0 aliphatic heterocycles. The molecule has 0 aromatic heterocycles. The Labute approximate surface area is 109 Å². The summed E-state index contributed by atoms with van der Waals surface area (Å²) in [5.41, 5.74) is 1.67. The number of aliphatic hydroxyl groups excluding tert-OH is 1. The van der Waals surface area contributed by atoms with Crippen molar-refractivity contribution in [3.8, 4) is 0 Å². The Hall–Kier alpha value is -1.35. The number of rotatable bonds is 6. The maximum Gasteiger partial charge on any atom is 0.230 e. The highest BCUT2D eigenvalue weighted by Crippen LogP contribution is 2.22. The number of nitrogens with one attached hydrogen (secondary N) is 1. The first kappa shape index (κ1) is 14.7. The number of carbonyl (C=O) groups is 1. The zero-order chi connectivity index (χ0) is 13.6. The molecule has 3 nitrogen and oxygen atoms in total. The molecule has 0 radical (unpaired) electrons. The van der Waals surface area contributed by atoms with Crippen LogP contribution in [0.25, 0.3) is 0 Å². The van der Waals surface area contributed by atoms with E-state index < -0.39 is 0 Å². The third-order valence-corrected chi connectivity index (χ3v) is 3.33. The van der Waals surface area contributed by atoms with E-state index in [2.05, 4.69) is 5.32 Å². The molecule has 0 heterocycles. The van der Waals surface area contributed by atoms with Crippen LogP contribution in [0.5, 0.6) is 0 Å². The molecule has 1 aromatic carbocycles. The topological polar surface area (TPSA) is 49.3 Å². The molecule has 1 amide bonds. The second-order valence-electron chi connectivity index (χ2n) is 5.22. The molecule has 0 spiro atoms. The minimum Gasteiger partial charge on any atom is -0.396 e. The molecule has 0 unspecified atom stereocenters. The van der Waals surface area contributed by atoms with Crippen LogP contribution in [0.3, 0.4) is 0 Å². The van der Waals surface area contributed by atoms with E-state index in [0.29, 0.717) is 0 Å². The van der Waals surface area contributed by atoms with Gasteiger partial charge in [0.25, 0.3) is 0 Å². The van der Waals surface area contributed by atoms with Crippen LogP contribution in [0.2, 0.25) is 0 Å². The van der Waals surface area contributed by atoms with E-state index >= 15 is 0 Å². The lowest BCUT2D eigenvalue weighted by Gasteiger charge is -2.21. The fourth-order valence-corrected chi connectivity index (χ4v) is 1.50. The average molecular weight is 249 g/mol. The standard InChI is InChI=1S/C15H23NO2/c1-4-15(2,3)14(18)16-13-9-7-12(8-10-13)6-5-11-17/h7-10,17H,4-6,11H2,1-3H3,(H,16,18). The lowest BCUT2D eigenvalue weighted by Crippen LogP contribution is -2.29. The molecular formula is C15H23NO2. The van der Waals surface area contributed by atoms with Gasteiger partial charge in [0.1, 0.15) is 0 Å². The number of benzene rings is 1. The number of anilines is 1. The van der Waals surface area contributed by atoms with Crippen LogP contribution >= 0.6 is 0 Å². The summed E-state index contributed by atoms with van der Waals surface area (Å²) in [6.45, 7) is 6.11. The molecule has 3 heteroatoms. The smallest absolute Gasteiger partial charge is 0.230 e. The minimum atomic E-state index is -0.338.